The van der Waals surface area contributed by atoms with Crippen LogP contribution >= 0.6 is 22.6 Å². The van der Waals surface area contributed by atoms with Gasteiger partial charge in [-0.3, -0.25) is 16.9 Å². The Balaban J connectivity index is 0.000000423. The molecule has 1 aromatic rings. The molecule has 0 aliphatic heterocycles. The number of halogens is 1. The fourth-order valence-electron chi connectivity index (χ4n) is 0.601. The van der Waals surface area contributed by atoms with Crippen molar-refractivity contribution >= 4 is 38.7 Å². The molecule has 0 aromatic heterocycles. The van der Waals surface area contributed by atoms with Crippen molar-refractivity contribution in [1.29, 1.82) is 0 Å². The van der Waals surface area contributed by atoms with E-state index in [0.29, 0.717) is 0 Å². The normalized spacial score (nSPS) is 10.0. The van der Waals surface area contributed by atoms with Crippen molar-refractivity contribution in [3.05, 3.63) is 27.8 Å². The number of guanidine groups is 1. The molecule has 0 spiro atoms. The molecule has 0 aliphatic carbocycles. The summed E-state index contributed by atoms with van der Waals surface area (Å²) in [6, 6.07) is 5.74. The average molecular weight is 343 g/mol. The highest BCUT2D eigenvalue weighted by molar-refractivity contribution is 14.1. The molecule has 0 heterocycles. The fraction of sp³-hybridized carbons (Fsp3) is 0. The van der Waals surface area contributed by atoms with Crippen LogP contribution in [0.5, 0.6) is 0 Å². The van der Waals surface area contributed by atoms with Gasteiger partial charge in [-0.2, -0.15) is 0 Å². The maximum Gasteiger partial charge on any atom is 0.336 e. The SMILES string of the molecule is NC(N)=[NH2+].O=S(=O)([O-])c1ccc(I)cc1. The van der Waals surface area contributed by atoms with Gasteiger partial charge in [0.25, 0.3) is 0 Å². The average Bonchev–Trinajstić information content (AvgIpc) is 2.01. The van der Waals surface area contributed by atoms with Crippen LogP contribution in [0.2, 0.25) is 0 Å². The van der Waals surface area contributed by atoms with E-state index < -0.39 is 10.1 Å². The van der Waals surface area contributed by atoms with E-state index in [4.69, 9.17) is 0 Å². The van der Waals surface area contributed by atoms with Crippen LogP contribution in [0, 0.1) is 3.57 Å². The van der Waals surface area contributed by atoms with Gasteiger partial charge in [0.05, 0.1) is 4.90 Å². The van der Waals surface area contributed by atoms with Crippen molar-refractivity contribution in [3.8, 4) is 0 Å². The first-order valence-electron chi connectivity index (χ1n) is 3.58. The summed E-state index contributed by atoms with van der Waals surface area (Å²) in [6.45, 7) is 0. The molecular weight excluding hydrogens is 333 g/mol. The van der Waals surface area contributed by atoms with Crippen molar-refractivity contribution in [2.24, 2.45) is 11.5 Å². The highest BCUT2D eigenvalue weighted by Crippen LogP contribution is 2.10. The minimum atomic E-state index is -4.27. The fourth-order valence-corrected chi connectivity index (χ4v) is 1.43. The summed E-state index contributed by atoms with van der Waals surface area (Å²) in [4.78, 5) is -0.182. The van der Waals surface area contributed by atoms with E-state index in [-0.39, 0.29) is 10.9 Å². The van der Waals surface area contributed by atoms with Gasteiger partial charge in [0.1, 0.15) is 10.1 Å². The van der Waals surface area contributed by atoms with Crippen molar-refractivity contribution in [2.75, 3.05) is 0 Å². The van der Waals surface area contributed by atoms with Gasteiger partial charge in [0.2, 0.25) is 0 Å². The third-order valence-corrected chi connectivity index (χ3v) is 2.67. The molecule has 1 aromatic carbocycles. The van der Waals surface area contributed by atoms with E-state index in [1.165, 1.54) is 12.1 Å². The number of rotatable bonds is 1. The largest absolute Gasteiger partial charge is 0.744 e. The summed E-state index contributed by atoms with van der Waals surface area (Å²) in [5.74, 6) is -0.0833. The maximum atomic E-state index is 10.4. The summed E-state index contributed by atoms with van der Waals surface area (Å²) in [7, 11) is -4.27. The molecule has 0 radical (unpaired) electrons. The van der Waals surface area contributed by atoms with Crippen molar-refractivity contribution in [2.45, 2.75) is 4.90 Å². The zero-order valence-electron chi connectivity index (χ0n) is 7.55. The summed E-state index contributed by atoms with van der Waals surface area (Å²) in [5.41, 5.74) is 9.17. The number of hydrogen-bond donors (Lipinski definition) is 3. The second-order valence-electron chi connectivity index (χ2n) is 2.41. The van der Waals surface area contributed by atoms with Gasteiger partial charge in [-0.05, 0) is 46.9 Å². The lowest BCUT2D eigenvalue weighted by molar-refractivity contribution is -0.116. The first-order chi connectivity index (χ1) is 6.73. The minimum Gasteiger partial charge on any atom is -0.744 e. The Morgan fingerprint density at radius 1 is 1.27 bits per heavy atom. The minimum absolute atomic E-state index is 0.0833. The Labute approximate surface area is 101 Å². The molecule has 8 heteroatoms. The zero-order valence-corrected chi connectivity index (χ0v) is 10.5. The summed E-state index contributed by atoms with van der Waals surface area (Å²) in [5, 5.41) is 4.58. The van der Waals surface area contributed by atoms with Crippen LogP contribution in [0.3, 0.4) is 0 Å². The van der Waals surface area contributed by atoms with Gasteiger partial charge in [-0.25, -0.2) is 8.42 Å². The van der Waals surface area contributed by atoms with E-state index in [9.17, 15) is 13.0 Å². The monoisotopic (exact) mass is 343 g/mol. The Kier molecular flexibility index (Phi) is 5.54. The van der Waals surface area contributed by atoms with Crippen LogP contribution in [-0.4, -0.2) is 18.9 Å². The van der Waals surface area contributed by atoms with E-state index >= 15 is 0 Å². The van der Waals surface area contributed by atoms with Crippen molar-refractivity contribution in [3.63, 3.8) is 0 Å². The van der Waals surface area contributed by atoms with Crippen LogP contribution < -0.4 is 16.9 Å². The highest BCUT2D eigenvalue weighted by Gasteiger charge is 1.98. The van der Waals surface area contributed by atoms with Crippen molar-refractivity contribution in [1.82, 2.24) is 0 Å². The topological polar surface area (TPSA) is 135 Å². The van der Waals surface area contributed by atoms with Crippen molar-refractivity contribution < 1.29 is 18.4 Å². The molecule has 0 fully saturated rings. The van der Waals surface area contributed by atoms with E-state index in [2.05, 4.69) is 16.9 Å². The summed E-state index contributed by atoms with van der Waals surface area (Å²) in [6.07, 6.45) is 0. The van der Waals surface area contributed by atoms with E-state index in [1.54, 1.807) is 12.1 Å². The molecule has 0 unspecified atom stereocenters. The second kappa shape index (κ2) is 5.88. The lowest BCUT2D eigenvalue weighted by atomic mass is 10.4. The molecule has 0 atom stereocenters. The van der Waals surface area contributed by atoms with Crippen LogP contribution in [0.1, 0.15) is 0 Å². The predicted octanol–water partition coefficient (Wildman–Crippen LogP) is -1.79. The van der Waals surface area contributed by atoms with Crippen LogP contribution in [-0.2, 0) is 10.1 Å². The van der Waals surface area contributed by atoms with Gasteiger partial charge in [0, 0.05) is 3.57 Å². The number of benzene rings is 1. The van der Waals surface area contributed by atoms with E-state index in [0.717, 1.165) is 3.57 Å². The van der Waals surface area contributed by atoms with Crippen LogP contribution in [0.4, 0.5) is 0 Å². The molecule has 0 bridgehead atoms. The van der Waals surface area contributed by atoms with Gasteiger partial charge < -0.3 is 4.55 Å². The van der Waals surface area contributed by atoms with Gasteiger partial charge in [0.15, 0.2) is 0 Å². The second-order valence-corrected chi connectivity index (χ2v) is 5.03. The Hall–Kier alpha value is -0.870. The van der Waals surface area contributed by atoms with Gasteiger partial charge in [-0.15, -0.1) is 0 Å². The number of hydrogen-bond acceptors (Lipinski definition) is 3. The highest BCUT2D eigenvalue weighted by atomic mass is 127. The molecule has 6 N–H and O–H groups in total. The van der Waals surface area contributed by atoms with Gasteiger partial charge in [-0.1, -0.05) is 0 Å². The third-order valence-electron chi connectivity index (χ3n) is 1.10. The zero-order chi connectivity index (χ0) is 12.1. The van der Waals surface area contributed by atoms with E-state index in [1.807, 2.05) is 22.6 Å². The molecule has 6 nitrogen and oxygen atoms in total. The van der Waals surface area contributed by atoms with Crippen LogP contribution in [0.15, 0.2) is 29.2 Å². The molecular formula is C7H10IN3O3S. The maximum absolute atomic E-state index is 10.4. The van der Waals surface area contributed by atoms with Gasteiger partial charge >= 0.3 is 5.96 Å². The summed E-state index contributed by atoms with van der Waals surface area (Å²) >= 11 is 2.03. The smallest absolute Gasteiger partial charge is 0.336 e. The molecule has 0 saturated carbocycles. The van der Waals surface area contributed by atoms with Crippen LogP contribution in [0.25, 0.3) is 0 Å². The Morgan fingerprint density at radius 3 is 1.87 bits per heavy atom. The quantitative estimate of drug-likeness (QED) is 0.240. The predicted molar refractivity (Wildman–Crippen MR) is 62.4 cm³/mol. The molecule has 0 amide bonds. The first-order valence-corrected chi connectivity index (χ1v) is 6.07. The number of nitrogens with two attached hydrogens (primary N) is 3. The molecule has 1 rings (SSSR count). The molecule has 0 aliphatic rings. The first kappa shape index (κ1) is 14.1. The lowest BCUT2D eigenvalue weighted by Crippen LogP contribution is -2.51. The molecule has 0 saturated heterocycles. The molecule has 15 heavy (non-hydrogen) atoms. The standard InChI is InChI=1S/C6H5IO3S.CH5N3/c7-5-1-3-6(4-2-5)11(8,9)10;2-1(3)4/h1-4H,(H,8,9,10);(H5,2,3,4). The summed E-state index contributed by atoms with van der Waals surface area (Å²) < 4.78 is 32.1. The Morgan fingerprint density at radius 2 is 1.60 bits per heavy atom. The Bertz CT molecular complexity index is 425. The lowest BCUT2D eigenvalue weighted by Gasteiger charge is -2.05. The third kappa shape index (κ3) is 7.11. The molecule has 84 valence electrons.